The van der Waals surface area contributed by atoms with Gasteiger partial charge in [-0.1, -0.05) is 0 Å². The lowest BCUT2D eigenvalue weighted by atomic mass is 9.97. The summed E-state index contributed by atoms with van der Waals surface area (Å²) in [7, 11) is -2.04. The van der Waals surface area contributed by atoms with E-state index in [1.807, 2.05) is 0 Å². The smallest absolute Gasteiger partial charge is 0.246 e. The van der Waals surface area contributed by atoms with Gasteiger partial charge in [-0.25, -0.2) is 13.1 Å². The molecule has 1 saturated heterocycles. The standard InChI is InChI=1S/C21H26N2O5S/c1-16-14-19(27-2)5-7-20(16)29(25,26)22-15-17-9-11-23(12-10-17)21(24)8-6-18-4-3-13-28-18/h3-8,13-14,17,22H,9-12,15H2,1-2H3/b8-6+. The van der Waals surface area contributed by atoms with Crippen LogP contribution in [0.25, 0.3) is 6.08 Å². The number of sulfonamides is 1. The SMILES string of the molecule is COc1ccc(S(=O)(=O)NCC2CCN(C(=O)/C=C/c3ccco3)CC2)c(C)c1. The number of furan rings is 1. The van der Waals surface area contributed by atoms with E-state index in [9.17, 15) is 13.2 Å². The molecule has 3 rings (SSSR count). The first-order valence-electron chi connectivity index (χ1n) is 9.54. The van der Waals surface area contributed by atoms with Crippen LogP contribution in [0.3, 0.4) is 0 Å². The number of hydrogen-bond acceptors (Lipinski definition) is 5. The van der Waals surface area contributed by atoms with Crippen molar-refractivity contribution < 1.29 is 22.4 Å². The number of carbonyl (C=O) groups is 1. The molecule has 156 valence electrons. The zero-order valence-corrected chi connectivity index (χ0v) is 17.4. The highest BCUT2D eigenvalue weighted by Crippen LogP contribution is 2.22. The van der Waals surface area contributed by atoms with Gasteiger partial charge in [0.1, 0.15) is 11.5 Å². The Hall–Kier alpha value is -2.58. The highest BCUT2D eigenvalue weighted by molar-refractivity contribution is 7.89. The first-order chi connectivity index (χ1) is 13.9. The number of nitrogens with zero attached hydrogens (tertiary/aromatic N) is 1. The summed E-state index contributed by atoms with van der Waals surface area (Å²) in [5, 5.41) is 0. The Bertz CT molecular complexity index is 959. The van der Waals surface area contributed by atoms with Gasteiger partial charge in [0.2, 0.25) is 15.9 Å². The number of methoxy groups -OCH3 is 1. The van der Waals surface area contributed by atoms with E-state index in [1.165, 1.54) is 6.08 Å². The number of ether oxygens (including phenoxy) is 1. The van der Waals surface area contributed by atoms with E-state index in [-0.39, 0.29) is 16.7 Å². The number of likely N-dealkylation sites (tertiary alicyclic amines) is 1. The second-order valence-corrected chi connectivity index (χ2v) is 8.84. The van der Waals surface area contributed by atoms with Gasteiger partial charge < -0.3 is 14.1 Å². The summed E-state index contributed by atoms with van der Waals surface area (Å²) < 4.78 is 38.3. The van der Waals surface area contributed by atoms with Crippen LogP contribution in [0.5, 0.6) is 5.75 Å². The monoisotopic (exact) mass is 418 g/mol. The van der Waals surface area contributed by atoms with Gasteiger partial charge in [-0.05, 0) is 67.7 Å². The number of carbonyl (C=O) groups excluding carboxylic acids is 1. The molecule has 1 aliphatic rings. The summed E-state index contributed by atoms with van der Waals surface area (Å²) in [4.78, 5) is 14.3. The number of piperidine rings is 1. The summed E-state index contributed by atoms with van der Waals surface area (Å²) in [6, 6.07) is 8.46. The van der Waals surface area contributed by atoms with E-state index in [0.29, 0.717) is 36.7 Å². The molecule has 0 bridgehead atoms. The van der Waals surface area contributed by atoms with Crippen molar-refractivity contribution in [3.63, 3.8) is 0 Å². The Kier molecular flexibility index (Phi) is 6.76. The Morgan fingerprint density at radius 3 is 2.69 bits per heavy atom. The van der Waals surface area contributed by atoms with E-state index >= 15 is 0 Å². The lowest BCUT2D eigenvalue weighted by Crippen LogP contribution is -2.41. The Balaban J connectivity index is 1.50. The molecule has 2 aromatic rings. The number of rotatable bonds is 7. The molecular formula is C21H26N2O5S. The fraction of sp³-hybridized carbons (Fsp3) is 0.381. The summed E-state index contributed by atoms with van der Waals surface area (Å²) >= 11 is 0. The Labute approximate surface area is 171 Å². The molecule has 1 amide bonds. The van der Waals surface area contributed by atoms with Gasteiger partial charge >= 0.3 is 0 Å². The van der Waals surface area contributed by atoms with Gasteiger partial charge in [-0.2, -0.15) is 0 Å². The van der Waals surface area contributed by atoms with Crippen molar-refractivity contribution in [1.82, 2.24) is 9.62 Å². The van der Waals surface area contributed by atoms with Crippen molar-refractivity contribution in [3.05, 3.63) is 54.0 Å². The van der Waals surface area contributed by atoms with Crippen LogP contribution in [-0.2, 0) is 14.8 Å². The van der Waals surface area contributed by atoms with Gasteiger partial charge in [0.15, 0.2) is 0 Å². The van der Waals surface area contributed by atoms with E-state index in [0.717, 1.165) is 12.8 Å². The fourth-order valence-corrected chi connectivity index (χ4v) is 4.70. The van der Waals surface area contributed by atoms with E-state index < -0.39 is 10.0 Å². The predicted octanol–water partition coefficient (Wildman–Crippen LogP) is 2.83. The van der Waals surface area contributed by atoms with Crippen LogP contribution in [0.15, 0.2) is 52.0 Å². The maximum atomic E-state index is 12.6. The van der Waals surface area contributed by atoms with E-state index in [4.69, 9.17) is 9.15 Å². The largest absolute Gasteiger partial charge is 0.497 e. The number of hydrogen-bond donors (Lipinski definition) is 1. The lowest BCUT2D eigenvalue weighted by Gasteiger charge is -2.31. The second kappa shape index (κ2) is 9.28. The minimum Gasteiger partial charge on any atom is -0.497 e. The number of amides is 1. The molecule has 2 heterocycles. The molecular weight excluding hydrogens is 392 g/mol. The zero-order valence-electron chi connectivity index (χ0n) is 16.6. The number of nitrogens with one attached hydrogen (secondary N) is 1. The van der Waals surface area contributed by atoms with Crippen LogP contribution >= 0.6 is 0 Å². The third kappa shape index (κ3) is 5.48. The summed E-state index contributed by atoms with van der Waals surface area (Å²) in [5.41, 5.74) is 0.639. The fourth-order valence-electron chi connectivity index (χ4n) is 3.36. The topological polar surface area (TPSA) is 88.9 Å². The van der Waals surface area contributed by atoms with Crippen molar-refractivity contribution in [2.45, 2.75) is 24.7 Å². The highest BCUT2D eigenvalue weighted by Gasteiger charge is 2.24. The van der Waals surface area contributed by atoms with Crippen LogP contribution in [0.1, 0.15) is 24.2 Å². The molecule has 1 N–H and O–H groups in total. The molecule has 1 fully saturated rings. The van der Waals surface area contributed by atoms with Crippen LogP contribution in [0, 0.1) is 12.8 Å². The predicted molar refractivity (Wildman–Crippen MR) is 110 cm³/mol. The highest BCUT2D eigenvalue weighted by atomic mass is 32.2. The number of aryl methyl sites for hydroxylation is 1. The van der Waals surface area contributed by atoms with Crippen molar-refractivity contribution in [3.8, 4) is 5.75 Å². The molecule has 1 aromatic carbocycles. The molecule has 0 unspecified atom stereocenters. The van der Waals surface area contributed by atoms with Crippen molar-refractivity contribution in [2.24, 2.45) is 5.92 Å². The van der Waals surface area contributed by atoms with Crippen LogP contribution in [0.2, 0.25) is 0 Å². The second-order valence-electron chi connectivity index (χ2n) is 7.10. The Morgan fingerprint density at radius 1 is 1.31 bits per heavy atom. The van der Waals surface area contributed by atoms with Crippen LogP contribution in [0.4, 0.5) is 0 Å². The Morgan fingerprint density at radius 2 is 2.07 bits per heavy atom. The summed E-state index contributed by atoms with van der Waals surface area (Å²) in [6.07, 6.45) is 6.23. The summed E-state index contributed by atoms with van der Waals surface area (Å²) in [6.45, 7) is 3.32. The average Bonchev–Trinajstić information content (AvgIpc) is 3.24. The third-order valence-electron chi connectivity index (χ3n) is 5.09. The zero-order chi connectivity index (χ0) is 20.9. The van der Waals surface area contributed by atoms with Gasteiger partial charge in [-0.15, -0.1) is 0 Å². The third-order valence-corrected chi connectivity index (χ3v) is 6.68. The molecule has 0 spiro atoms. The normalized spacial score (nSPS) is 15.7. The molecule has 0 radical (unpaired) electrons. The average molecular weight is 419 g/mol. The van der Waals surface area contributed by atoms with Gasteiger partial charge in [-0.3, -0.25) is 4.79 Å². The molecule has 0 atom stereocenters. The first-order valence-corrected chi connectivity index (χ1v) is 11.0. The molecule has 7 nitrogen and oxygen atoms in total. The van der Waals surface area contributed by atoms with Crippen molar-refractivity contribution in [2.75, 3.05) is 26.7 Å². The van der Waals surface area contributed by atoms with E-state index in [1.54, 1.807) is 61.6 Å². The molecule has 1 aromatic heterocycles. The van der Waals surface area contributed by atoms with Crippen molar-refractivity contribution >= 4 is 22.0 Å². The molecule has 0 saturated carbocycles. The van der Waals surface area contributed by atoms with Gasteiger partial charge in [0, 0.05) is 25.7 Å². The van der Waals surface area contributed by atoms with Gasteiger partial charge in [0.05, 0.1) is 18.3 Å². The molecule has 8 heteroatoms. The van der Waals surface area contributed by atoms with Crippen molar-refractivity contribution in [1.29, 1.82) is 0 Å². The quantitative estimate of drug-likeness (QED) is 0.699. The maximum Gasteiger partial charge on any atom is 0.246 e. The minimum atomic E-state index is -3.59. The van der Waals surface area contributed by atoms with E-state index in [2.05, 4.69) is 4.72 Å². The first kappa shape index (κ1) is 21.1. The molecule has 1 aliphatic heterocycles. The van der Waals surface area contributed by atoms with Crippen LogP contribution in [-0.4, -0.2) is 46.0 Å². The lowest BCUT2D eigenvalue weighted by molar-refractivity contribution is -0.127. The maximum absolute atomic E-state index is 12.6. The molecule has 0 aliphatic carbocycles. The molecule has 29 heavy (non-hydrogen) atoms. The number of benzene rings is 1. The van der Waals surface area contributed by atoms with Crippen LogP contribution < -0.4 is 9.46 Å². The minimum absolute atomic E-state index is 0.0608. The summed E-state index contributed by atoms with van der Waals surface area (Å²) in [5.74, 6) is 1.40. The van der Waals surface area contributed by atoms with Gasteiger partial charge in [0.25, 0.3) is 0 Å².